The first-order chi connectivity index (χ1) is 9.01. The largest absolute Gasteiger partial charge is 0.372 e. The fourth-order valence-electron chi connectivity index (χ4n) is 1.59. The van der Waals surface area contributed by atoms with Crippen molar-refractivity contribution >= 4 is 27.6 Å². The third-order valence-electron chi connectivity index (χ3n) is 2.55. The minimum absolute atomic E-state index is 0.0889. The molecule has 0 amide bonds. The van der Waals surface area contributed by atoms with Crippen LogP contribution in [0.5, 0.6) is 0 Å². The molecule has 0 spiro atoms. The van der Waals surface area contributed by atoms with E-state index in [4.69, 9.17) is 0 Å². The van der Waals surface area contributed by atoms with E-state index in [1.165, 1.54) is 0 Å². The van der Waals surface area contributed by atoms with Gasteiger partial charge in [-0.1, -0.05) is 6.92 Å². The Kier molecular flexibility index (Phi) is 6.60. The quantitative estimate of drug-likeness (QED) is 0.718. The number of nitrogens with one attached hydrogen (secondary N) is 2. The second-order valence-corrected chi connectivity index (χ2v) is 7.18. The summed E-state index contributed by atoms with van der Waals surface area (Å²) < 4.78 is 27.2. The Morgan fingerprint density at radius 3 is 2.84 bits per heavy atom. The van der Waals surface area contributed by atoms with Gasteiger partial charge in [-0.2, -0.15) is 11.8 Å². The van der Waals surface area contributed by atoms with Crippen molar-refractivity contribution in [3.63, 3.8) is 0 Å². The third kappa shape index (κ3) is 5.00. The molecule has 0 aliphatic carbocycles. The molecule has 2 N–H and O–H groups in total. The van der Waals surface area contributed by atoms with E-state index >= 15 is 0 Å². The summed E-state index contributed by atoms with van der Waals surface area (Å²) in [6.07, 6.45) is 2.37. The first-order valence-corrected chi connectivity index (χ1v) is 8.88. The molecule has 1 aromatic heterocycles. The Morgan fingerprint density at radius 1 is 1.47 bits per heavy atom. The number of anilines is 1. The number of thioether (sulfide) groups is 1. The lowest BCUT2D eigenvalue weighted by atomic mass is 10.3. The number of hydrogen-bond acceptors (Lipinski definition) is 5. The summed E-state index contributed by atoms with van der Waals surface area (Å²) in [5.41, 5.74) is 0. The van der Waals surface area contributed by atoms with E-state index in [1.54, 1.807) is 37.1 Å². The van der Waals surface area contributed by atoms with Crippen LogP contribution in [0.15, 0.2) is 23.2 Å². The van der Waals surface area contributed by atoms with Gasteiger partial charge in [-0.05, 0) is 37.0 Å². The Balaban J connectivity index is 2.75. The molecular formula is C12H21N3O2S2. The van der Waals surface area contributed by atoms with Crippen molar-refractivity contribution < 1.29 is 8.42 Å². The van der Waals surface area contributed by atoms with Gasteiger partial charge in [0.05, 0.1) is 0 Å². The monoisotopic (exact) mass is 303 g/mol. The zero-order valence-corrected chi connectivity index (χ0v) is 13.1. The summed E-state index contributed by atoms with van der Waals surface area (Å²) in [7, 11) is -1.87. The van der Waals surface area contributed by atoms with E-state index in [9.17, 15) is 8.42 Å². The Morgan fingerprint density at radius 2 is 2.21 bits per heavy atom. The maximum atomic E-state index is 12.3. The van der Waals surface area contributed by atoms with Crippen molar-refractivity contribution in [3.8, 4) is 0 Å². The fourth-order valence-corrected chi connectivity index (χ4v) is 3.84. The van der Waals surface area contributed by atoms with Crippen LogP contribution in [-0.2, 0) is 10.0 Å². The van der Waals surface area contributed by atoms with E-state index in [1.807, 2.05) is 6.92 Å². The summed E-state index contributed by atoms with van der Waals surface area (Å²) in [6.45, 7) is 3.97. The number of sulfonamides is 1. The van der Waals surface area contributed by atoms with Crippen molar-refractivity contribution in [3.05, 3.63) is 18.3 Å². The molecule has 0 fully saturated rings. The molecule has 0 saturated carbocycles. The lowest BCUT2D eigenvalue weighted by Crippen LogP contribution is -2.33. The van der Waals surface area contributed by atoms with Crippen LogP contribution in [-0.4, -0.2) is 38.0 Å². The number of hydrogen-bond donors (Lipinski definition) is 2. The zero-order valence-electron chi connectivity index (χ0n) is 11.5. The molecular weight excluding hydrogens is 282 g/mol. The summed E-state index contributed by atoms with van der Waals surface area (Å²) in [6, 6.07) is 3.08. The van der Waals surface area contributed by atoms with E-state index in [0.717, 1.165) is 17.9 Å². The second kappa shape index (κ2) is 7.72. The average molecular weight is 303 g/mol. The summed E-state index contributed by atoms with van der Waals surface area (Å²) in [5, 5.41) is 2.79. The molecule has 108 valence electrons. The molecule has 0 aliphatic rings. The van der Waals surface area contributed by atoms with Crippen LogP contribution in [0, 0.1) is 0 Å². The fraction of sp³-hybridized carbons (Fsp3) is 0.583. The lowest BCUT2D eigenvalue weighted by molar-refractivity contribution is 0.557. The second-order valence-electron chi connectivity index (χ2n) is 4.11. The molecule has 1 heterocycles. The van der Waals surface area contributed by atoms with E-state index in [2.05, 4.69) is 21.9 Å². The molecule has 0 aromatic carbocycles. The maximum absolute atomic E-state index is 12.3. The topological polar surface area (TPSA) is 71.1 Å². The van der Waals surface area contributed by atoms with E-state index in [-0.39, 0.29) is 10.9 Å². The van der Waals surface area contributed by atoms with Crippen molar-refractivity contribution in [2.45, 2.75) is 31.2 Å². The Labute approximate surface area is 119 Å². The van der Waals surface area contributed by atoms with Gasteiger partial charge in [0.2, 0.25) is 10.0 Å². The summed E-state index contributed by atoms with van der Waals surface area (Å²) >= 11 is 1.81. The zero-order chi connectivity index (χ0) is 14.3. The van der Waals surface area contributed by atoms with Crippen LogP contribution in [0.1, 0.15) is 20.3 Å². The van der Waals surface area contributed by atoms with Crippen molar-refractivity contribution in [2.75, 3.05) is 23.9 Å². The SMILES string of the molecule is CCSCCC(C)NS(=O)(=O)c1cccnc1NC. The number of nitrogens with zero attached hydrogens (tertiary/aromatic N) is 1. The predicted molar refractivity (Wildman–Crippen MR) is 81.2 cm³/mol. The summed E-state index contributed by atoms with van der Waals surface area (Å²) in [5.74, 6) is 2.36. The average Bonchev–Trinajstić information content (AvgIpc) is 2.38. The predicted octanol–water partition coefficient (Wildman–Crippen LogP) is 1.93. The van der Waals surface area contributed by atoms with E-state index in [0.29, 0.717) is 5.82 Å². The van der Waals surface area contributed by atoms with Crippen LogP contribution in [0.25, 0.3) is 0 Å². The van der Waals surface area contributed by atoms with Gasteiger partial charge in [0.1, 0.15) is 10.7 Å². The number of pyridine rings is 1. The number of aromatic nitrogens is 1. The van der Waals surface area contributed by atoms with Crippen LogP contribution in [0.4, 0.5) is 5.82 Å². The van der Waals surface area contributed by atoms with Gasteiger partial charge in [-0.25, -0.2) is 18.1 Å². The molecule has 5 nitrogen and oxygen atoms in total. The van der Waals surface area contributed by atoms with Gasteiger partial charge in [0, 0.05) is 19.3 Å². The molecule has 1 atom stereocenters. The Bertz CT molecular complexity index is 492. The molecule has 0 bridgehead atoms. The molecule has 1 aromatic rings. The first kappa shape index (κ1) is 16.3. The smallest absolute Gasteiger partial charge is 0.244 e. The molecule has 1 unspecified atom stereocenters. The summed E-state index contributed by atoms with van der Waals surface area (Å²) in [4.78, 5) is 4.20. The highest BCUT2D eigenvalue weighted by Gasteiger charge is 2.20. The normalized spacial score (nSPS) is 13.2. The molecule has 7 heteroatoms. The van der Waals surface area contributed by atoms with E-state index < -0.39 is 10.0 Å². The molecule has 0 saturated heterocycles. The van der Waals surface area contributed by atoms with Crippen LogP contribution in [0.2, 0.25) is 0 Å². The van der Waals surface area contributed by atoms with Crippen LogP contribution >= 0.6 is 11.8 Å². The van der Waals surface area contributed by atoms with Crippen LogP contribution in [0.3, 0.4) is 0 Å². The highest BCUT2D eigenvalue weighted by molar-refractivity contribution is 7.99. The maximum Gasteiger partial charge on any atom is 0.244 e. The number of rotatable bonds is 8. The lowest BCUT2D eigenvalue weighted by Gasteiger charge is -2.15. The van der Waals surface area contributed by atoms with Gasteiger partial charge in [0.25, 0.3) is 0 Å². The minimum Gasteiger partial charge on any atom is -0.372 e. The first-order valence-electron chi connectivity index (χ1n) is 6.24. The van der Waals surface area contributed by atoms with Crippen molar-refractivity contribution in [2.24, 2.45) is 0 Å². The van der Waals surface area contributed by atoms with Crippen molar-refractivity contribution in [1.82, 2.24) is 9.71 Å². The van der Waals surface area contributed by atoms with Gasteiger partial charge in [-0.15, -0.1) is 0 Å². The van der Waals surface area contributed by atoms with Gasteiger partial charge in [-0.3, -0.25) is 0 Å². The molecule has 19 heavy (non-hydrogen) atoms. The standard InChI is InChI=1S/C12H21N3O2S2/c1-4-18-9-7-10(2)15-19(16,17)11-6-5-8-14-12(11)13-3/h5-6,8,10,15H,4,7,9H2,1-3H3,(H,13,14). The highest BCUT2D eigenvalue weighted by atomic mass is 32.2. The highest BCUT2D eigenvalue weighted by Crippen LogP contribution is 2.18. The van der Waals surface area contributed by atoms with Gasteiger partial charge < -0.3 is 5.32 Å². The minimum atomic E-state index is -3.52. The molecule has 0 aliphatic heterocycles. The van der Waals surface area contributed by atoms with Crippen LogP contribution < -0.4 is 10.0 Å². The molecule has 0 radical (unpaired) electrons. The molecule has 1 rings (SSSR count). The Hall–Kier alpha value is -0.790. The van der Waals surface area contributed by atoms with Gasteiger partial charge >= 0.3 is 0 Å². The third-order valence-corrected chi connectivity index (χ3v) is 5.11. The van der Waals surface area contributed by atoms with Gasteiger partial charge in [0.15, 0.2) is 0 Å². The van der Waals surface area contributed by atoms with Crippen molar-refractivity contribution in [1.29, 1.82) is 0 Å².